The highest BCUT2D eigenvalue weighted by Crippen LogP contribution is 2.37. The summed E-state index contributed by atoms with van der Waals surface area (Å²) in [5.41, 5.74) is 4.72. The fourth-order valence-corrected chi connectivity index (χ4v) is 3.36. The van der Waals surface area contributed by atoms with E-state index in [0.29, 0.717) is 12.0 Å². The van der Waals surface area contributed by atoms with Crippen LogP contribution in [0.15, 0.2) is 18.2 Å². The molecule has 1 aromatic carbocycles. The van der Waals surface area contributed by atoms with Gasteiger partial charge >= 0.3 is 0 Å². The molecule has 0 N–H and O–H groups in total. The maximum absolute atomic E-state index is 2.62. The van der Waals surface area contributed by atoms with Gasteiger partial charge in [-0.2, -0.15) is 0 Å². The molecule has 1 heterocycles. The van der Waals surface area contributed by atoms with Crippen molar-refractivity contribution in [2.75, 3.05) is 6.54 Å². The van der Waals surface area contributed by atoms with Crippen molar-refractivity contribution in [1.29, 1.82) is 0 Å². The van der Waals surface area contributed by atoms with E-state index in [-0.39, 0.29) is 5.54 Å². The van der Waals surface area contributed by atoms with Gasteiger partial charge < -0.3 is 0 Å². The monoisotopic (exact) mass is 245 g/mol. The normalized spacial score (nSPS) is 19.3. The Bertz CT molecular complexity index is 429. The number of benzene rings is 1. The van der Waals surface area contributed by atoms with E-state index < -0.39 is 0 Å². The summed E-state index contributed by atoms with van der Waals surface area (Å²) in [5.74, 6) is 0.626. The number of fused-ring (bicyclic) bond motifs is 1. The quantitative estimate of drug-likeness (QED) is 0.750. The molecule has 18 heavy (non-hydrogen) atoms. The average molecular weight is 245 g/mol. The van der Waals surface area contributed by atoms with Crippen LogP contribution in [0.25, 0.3) is 0 Å². The van der Waals surface area contributed by atoms with Gasteiger partial charge in [-0.25, -0.2) is 0 Å². The fourth-order valence-electron chi connectivity index (χ4n) is 3.36. The minimum absolute atomic E-state index is 0.164. The Kier molecular flexibility index (Phi) is 3.55. The molecule has 1 heteroatoms. The molecule has 2 rings (SSSR count). The van der Waals surface area contributed by atoms with Crippen molar-refractivity contribution in [3.05, 3.63) is 34.9 Å². The van der Waals surface area contributed by atoms with E-state index in [4.69, 9.17) is 0 Å². The van der Waals surface area contributed by atoms with Crippen molar-refractivity contribution < 1.29 is 0 Å². The number of rotatable bonds is 2. The first kappa shape index (κ1) is 13.6. The van der Waals surface area contributed by atoms with Gasteiger partial charge in [-0.15, -0.1) is 0 Å². The van der Waals surface area contributed by atoms with E-state index >= 15 is 0 Å². The second kappa shape index (κ2) is 4.70. The van der Waals surface area contributed by atoms with Crippen molar-refractivity contribution in [3.63, 3.8) is 0 Å². The highest BCUT2D eigenvalue weighted by atomic mass is 15.2. The van der Waals surface area contributed by atoms with Crippen molar-refractivity contribution in [1.82, 2.24) is 4.90 Å². The van der Waals surface area contributed by atoms with Crippen LogP contribution in [0.5, 0.6) is 0 Å². The molecule has 0 aromatic heterocycles. The molecule has 0 saturated heterocycles. The summed E-state index contributed by atoms with van der Waals surface area (Å²) >= 11 is 0. The number of hydrogen-bond acceptors (Lipinski definition) is 1. The van der Waals surface area contributed by atoms with Crippen LogP contribution in [0.4, 0.5) is 0 Å². The van der Waals surface area contributed by atoms with Crippen LogP contribution >= 0.6 is 0 Å². The summed E-state index contributed by atoms with van der Waals surface area (Å²) in [6.07, 6.45) is 1.19. The Hall–Kier alpha value is -0.820. The van der Waals surface area contributed by atoms with Gasteiger partial charge in [-0.1, -0.05) is 32.0 Å². The smallest absolute Gasteiger partial charge is 0.0410 e. The van der Waals surface area contributed by atoms with Gasteiger partial charge in [-0.05, 0) is 56.7 Å². The molecular weight excluding hydrogens is 218 g/mol. The van der Waals surface area contributed by atoms with E-state index in [1.165, 1.54) is 24.1 Å². The molecule has 1 aromatic rings. The third-order valence-electron chi connectivity index (χ3n) is 4.42. The summed E-state index contributed by atoms with van der Waals surface area (Å²) in [7, 11) is 0. The molecule has 1 nitrogen and oxygen atoms in total. The highest BCUT2D eigenvalue weighted by Gasteiger charge is 2.35. The third kappa shape index (κ3) is 2.21. The van der Waals surface area contributed by atoms with Crippen LogP contribution < -0.4 is 0 Å². The van der Waals surface area contributed by atoms with Crippen molar-refractivity contribution >= 4 is 0 Å². The zero-order valence-corrected chi connectivity index (χ0v) is 12.7. The lowest BCUT2D eigenvalue weighted by molar-refractivity contribution is 0.0722. The summed E-state index contributed by atoms with van der Waals surface area (Å²) in [6.45, 7) is 15.1. The van der Waals surface area contributed by atoms with E-state index in [1.807, 2.05) is 0 Å². The maximum Gasteiger partial charge on any atom is 0.0410 e. The second-order valence-electron chi connectivity index (χ2n) is 6.67. The molecule has 1 aliphatic rings. The predicted octanol–water partition coefficient (Wildman–Crippen LogP) is 4.31. The Morgan fingerprint density at radius 2 is 1.78 bits per heavy atom. The topological polar surface area (TPSA) is 3.24 Å². The SMILES string of the molecule is CC(C)c1ccc2c(c1)CCN(C(C)C)C2(C)C. The molecular formula is C17H27N. The van der Waals surface area contributed by atoms with Gasteiger partial charge in [0.2, 0.25) is 0 Å². The molecule has 0 fully saturated rings. The Morgan fingerprint density at radius 1 is 1.11 bits per heavy atom. The van der Waals surface area contributed by atoms with Gasteiger partial charge in [0.05, 0.1) is 0 Å². The largest absolute Gasteiger partial charge is 0.291 e. The highest BCUT2D eigenvalue weighted by molar-refractivity contribution is 5.39. The van der Waals surface area contributed by atoms with Crippen molar-refractivity contribution in [2.45, 2.75) is 65.5 Å². The van der Waals surface area contributed by atoms with Crippen LogP contribution in [-0.4, -0.2) is 17.5 Å². The first-order valence-corrected chi connectivity index (χ1v) is 7.24. The van der Waals surface area contributed by atoms with E-state index in [9.17, 15) is 0 Å². The zero-order chi connectivity index (χ0) is 13.5. The summed E-state index contributed by atoms with van der Waals surface area (Å²) in [4.78, 5) is 2.62. The maximum atomic E-state index is 2.62. The van der Waals surface area contributed by atoms with Gasteiger partial charge in [0.1, 0.15) is 0 Å². The second-order valence-corrected chi connectivity index (χ2v) is 6.67. The lowest BCUT2D eigenvalue weighted by Crippen LogP contribution is -2.50. The Labute approximate surface area is 112 Å². The van der Waals surface area contributed by atoms with Crippen LogP contribution in [0, 0.1) is 0 Å². The molecule has 1 aliphatic heterocycles. The molecule has 100 valence electrons. The van der Waals surface area contributed by atoms with Gasteiger partial charge in [0.25, 0.3) is 0 Å². The van der Waals surface area contributed by atoms with Gasteiger partial charge in [-0.3, -0.25) is 4.90 Å². The lowest BCUT2D eigenvalue weighted by atomic mass is 9.81. The molecule has 0 saturated carbocycles. The molecule has 0 bridgehead atoms. The Balaban J connectivity index is 2.43. The summed E-state index contributed by atoms with van der Waals surface area (Å²) in [5, 5.41) is 0. The summed E-state index contributed by atoms with van der Waals surface area (Å²) in [6, 6.07) is 7.71. The zero-order valence-electron chi connectivity index (χ0n) is 12.7. The van der Waals surface area contributed by atoms with Crippen LogP contribution in [-0.2, 0) is 12.0 Å². The minimum Gasteiger partial charge on any atom is -0.291 e. The number of hydrogen-bond donors (Lipinski definition) is 0. The molecule has 0 amide bonds. The van der Waals surface area contributed by atoms with Gasteiger partial charge in [0.15, 0.2) is 0 Å². The third-order valence-corrected chi connectivity index (χ3v) is 4.42. The molecule has 0 aliphatic carbocycles. The first-order chi connectivity index (χ1) is 8.34. The van der Waals surface area contributed by atoms with Gasteiger partial charge in [0, 0.05) is 18.1 Å². The van der Waals surface area contributed by atoms with Crippen LogP contribution in [0.3, 0.4) is 0 Å². The van der Waals surface area contributed by atoms with Crippen LogP contribution in [0.1, 0.15) is 64.2 Å². The summed E-state index contributed by atoms with van der Waals surface area (Å²) < 4.78 is 0. The van der Waals surface area contributed by atoms with E-state index in [2.05, 4.69) is 64.6 Å². The Morgan fingerprint density at radius 3 is 2.33 bits per heavy atom. The molecule has 0 unspecified atom stereocenters. The van der Waals surface area contributed by atoms with Crippen molar-refractivity contribution in [3.8, 4) is 0 Å². The van der Waals surface area contributed by atoms with E-state index in [1.54, 1.807) is 5.56 Å². The number of nitrogens with zero attached hydrogens (tertiary/aromatic N) is 1. The van der Waals surface area contributed by atoms with Crippen molar-refractivity contribution in [2.24, 2.45) is 0 Å². The average Bonchev–Trinajstić information content (AvgIpc) is 2.27. The lowest BCUT2D eigenvalue weighted by Gasteiger charge is -2.46. The predicted molar refractivity (Wildman–Crippen MR) is 79.1 cm³/mol. The van der Waals surface area contributed by atoms with E-state index in [0.717, 1.165) is 0 Å². The molecule has 0 spiro atoms. The minimum atomic E-state index is 0.164. The first-order valence-electron chi connectivity index (χ1n) is 7.24. The fraction of sp³-hybridized carbons (Fsp3) is 0.647. The van der Waals surface area contributed by atoms with Crippen LogP contribution in [0.2, 0.25) is 0 Å². The standard InChI is InChI=1S/C17H27N/c1-12(2)14-7-8-16-15(11-14)9-10-18(13(3)4)17(16,5)6/h7-8,11-13H,9-10H2,1-6H3. The molecule has 0 radical (unpaired) electrons. The molecule has 0 atom stereocenters.